The number of aliphatic hydroxyl groups is 1. The van der Waals surface area contributed by atoms with Crippen molar-refractivity contribution in [2.75, 3.05) is 12.3 Å². The summed E-state index contributed by atoms with van der Waals surface area (Å²) >= 11 is 7.29. The molecule has 2 atom stereocenters. The number of hydrogen-bond acceptors (Lipinski definition) is 4. The summed E-state index contributed by atoms with van der Waals surface area (Å²) < 4.78 is 1.01. The largest absolute Gasteiger partial charge is 0.387 e. The Balaban J connectivity index is 1.90. The second-order valence-electron chi connectivity index (χ2n) is 5.21. The molecular formula is C16H18BrNOS2. The van der Waals surface area contributed by atoms with Gasteiger partial charge in [-0.05, 0) is 35.4 Å². The summed E-state index contributed by atoms with van der Waals surface area (Å²) in [5, 5.41) is 10.8. The van der Waals surface area contributed by atoms with Gasteiger partial charge in [0.1, 0.15) is 0 Å². The van der Waals surface area contributed by atoms with Gasteiger partial charge in [0.05, 0.1) is 6.10 Å². The van der Waals surface area contributed by atoms with E-state index in [9.17, 15) is 5.11 Å². The quantitative estimate of drug-likeness (QED) is 0.835. The second kappa shape index (κ2) is 6.84. The highest BCUT2D eigenvalue weighted by Gasteiger charge is 2.26. The smallest absolute Gasteiger partial charge is 0.0962 e. The van der Waals surface area contributed by atoms with Crippen LogP contribution in [0.1, 0.15) is 32.9 Å². The van der Waals surface area contributed by atoms with Crippen LogP contribution in [0.3, 0.4) is 0 Å². The van der Waals surface area contributed by atoms with E-state index in [0.717, 1.165) is 27.1 Å². The Morgan fingerprint density at radius 1 is 1.33 bits per heavy atom. The fourth-order valence-electron chi connectivity index (χ4n) is 2.72. The van der Waals surface area contributed by atoms with Crippen LogP contribution < -0.4 is 5.73 Å². The average Bonchev–Trinajstić information content (AvgIpc) is 2.93. The van der Waals surface area contributed by atoms with E-state index in [2.05, 4.69) is 22.0 Å². The highest BCUT2D eigenvalue weighted by Crippen LogP contribution is 2.40. The molecule has 0 spiro atoms. The molecule has 3 rings (SSSR count). The van der Waals surface area contributed by atoms with E-state index in [1.807, 2.05) is 36.0 Å². The SMILES string of the molecule is NCC(c1ccccc1Br)C(O)c1cc2c(s1)CCSC2. The molecule has 0 fully saturated rings. The fraction of sp³-hybridized carbons (Fsp3) is 0.375. The summed E-state index contributed by atoms with van der Waals surface area (Å²) in [6.07, 6.45) is 0.592. The zero-order valence-corrected chi connectivity index (χ0v) is 14.8. The monoisotopic (exact) mass is 383 g/mol. The standard InChI is InChI=1S/C16H18BrNOS2/c17-13-4-2-1-3-11(13)12(8-18)16(19)15-7-10-9-20-6-5-14(10)21-15/h1-4,7,12,16,19H,5-6,8-9,18H2. The van der Waals surface area contributed by atoms with Crippen molar-refractivity contribution in [3.05, 3.63) is 55.7 Å². The molecule has 1 aromatic carbocycles. The van der Waals surface area contributed by atoms with E-state index < -0.39 is 6.10 Å². The Bertz CT molecular complexity index is 605. The predicted octanol–water partition coefficient (Wildman–Crippen LogP) is 4.08. The van der Waals surface area contributed by atoms with Gasteiger partial charge in [-0.1, -0.05) is 34.1 Å². The van der Waals surface area contributed by atoms with Gasteiger partial charge in [0.15, 0.2) is 0 Å². The lowest BCUT2D eigenvalue weighted by Crippen LogP contribution is -2.20. The summed E-state index contributed by atoms with van der Waals surface area (Å²) in [6.45, 7) is 0.432. The molecule has 2 heterocycles. The predicted molar refractivity (Wildman–Crippen MR) is 95.1 cm³/mol. The molecule has 0 saturated carbocycles. The molecular weight excluding hydrogens is 366 g/mol. The minimum absolute atomic E-state index is 0.0756. The number of benzene rings is 1. The number of aliphatic hydroxyl groups excluding tert-OH is 1. The number of thiophene rings is 1. The second-order valence-corrected chi connectivity index (χ2v) is 8.34. The highest BCUT2D eigenvalue weighted by molar-refractivity contribution is 9.10. The van der Waals surface area contributed by atoms with Crippen LogP contribution in [-0.4, -0.2) is 17.4 Å². The van der Waals surface area contributed by atoms with Crippen LogP contribution in [0.15, 0.2) is 34.8 Å². The van der Waals surface area contributed by atoms with Crippen molar-refractivity contribution in [2.45, 2.75) is 24.2 Å². The van der Waals surface area contributed by atoms with Gasteiger partial charge in [-0.2, -0.15) is 11.8 Å². The van der Waals surface area contributed by atoms with E-state index in [1.165, 1.54) is 16.2 Å². The van der Waals surface area contributed by atoms with Crippen LogP contribution in [0.5, 0.6) is 0 Å². The topological polar surface area (TPSA) is 46.2 Å². The molecule has 0 amide bonds. The Morgan fingerprint density at radius 3 is 2.86 bits per heavy atom. The number of fused-ring (bicyclic) bond motifs is 1. The molecule has 0 bridgehead atoms. The lowest BCUT2D eigenvalue weighted by atomic mass is 9.92. The van der Waals surface area contributed by atoms with Gasteiger partial charge in [-0.25, -0.2) is 0 Å². The molecule has 1 aliphatic heterocycles. The molecule has 0 radical (unpaired) electrons. The lowest BCUT2D eigenvalue weighted by molar-refractivity contribution is 0.151. The maximum absolute atomic E-state index is 10.8. The zero-order chi connectivity index (χ0) is 14.8. The van der Waals surface area contributed by atoms with Gasteiger partial charge < -0.3 is 10.8 Å². The minimum atomic E-state index is -0.533. The van der Waals surface area contributed by atoms with Crippen molar-refractivity contribution in [1.82, 2.24) is 0 Å². The molecule has 0 aliphatic carbocycles. The summed E-state index contributed by atoms with van der Waals surface area (Å²) in [5.74, 6) is 2.18. The Morgan fingerprint density at radius 2 is 2.14 bits per heavy atom. The van der Waals surface area contributed by atoms with Crippen molar-refractivity contribution >= 4 is 39.0 Å². The Kier molecular flexibility index (Phi) is 5.07. The number of aryl methyl sites for hydroxylation is 1. The maximum Gasteiger partial charge on any atom is 0.0962 e. The molecule has 5 heteroatoms. The number of hydrogen-bond donors (Lipinski definition) is 2. The van der Waals surface area contributed by atoms with Gasteiger partial charge in [-0.3, -0.25) is 0 Å². The van der Waals surface area contributed by atoms with Crippen molar-refractivity contribution in [3.63, 3.8) is 0 Å². The van der Waals surface area contributed by atoms with Gasteiger partial charge in [0, 0.05) is 32.4 Å². The maximum atomic E-state index is 10.8. The molecule has 2 aromatic rings. The van der Waals surface area contributed by atoms with Crippen LogP contribution >= 0.6 is 39.0 Å². The lowest BCUT2D eigenvalue weighted by Gasteiger charge is -2.22. The Labute approximate surface area is 141 Å². The van der Waals surface area contributed by atoms with E-state index >= 15 is 0 Å². The molecule has 21 heavy (non-hydrogen) atoms. The van der Waals surface area contributed by atoms with Crippen molar-refractivity contribution in [2.24, 2.45) is 5.73 Å². The molecule has 0 saturated heterocycles. The number of nitrogens with two attached hydrogens (primary N) is 1. The van der Waals surface area contributed by atoms with Gasteiger partial charge >= 0.3 is 0 Å². The average molecular weight is 384 g/mol. The molecule has 3 N–H and O–H groups in total. The van der Waals surface area contributed by atoms with E-state index in [-0.39, 0.29) is 5.92 Å². The van der Waals surface area contributed by atoms with Crippen LogP contribution in [0.4, 0.5) is 0 Å². The highest BCUT2D eigenvalue weighted by atomic mass is 79.9. The Hall–Kier alpha value is -0.330. The first-order valence-electron chi connectivity index (χ1n) is 7.02. The van der Waals surface area contributed by atoms with E-state index in [0.29, 0.717) is 6.54 Å². The first kappa shape index (κ1) is 15.6. The normalized spacial score (nSPS) is 17.3. The fourth-order valence-corrected chi connectivity index (χ4v) is 5.72. The van der Waals surface area contributed by atoms with Crippen LogP contribution in [0.25, 0.3) is 0 Å². The van der Waals surface area contributed by atoms with Gasteiger partial charge in [0.2, 0.25) is 0 Å². The summed E-state index contributed by atoms with van der Waals surface area (Å²) in [6, 6.07) is 10.2. The molecule has 112 valence electrons. The van der Waals surface area contributed by atoms with Crippen molar-refractivity contribution in [1.29, 1.82) is 0 Å². The summed E-state index contributed by atoms with van der Waals surface area (Å²) in [4.78, 5) is 2.49. The van der Waals surface area contributed by atoms with Crippen molar-refractivity contribution < 1.29 is 5.11 Å². The number of rotatable bonds is 4. The van der Waals surface area contributed by atoms with Crippen LogP contribution in [0.2, 0.25) is 0 Å². The zero-order valence-electron chi connectivity index (χ0n) is 11.6. The summed E-state index contributed by atoms with van der Waals surface area (Å²) in [5.41, 5.74) is 8.43. The van der Waals surface area contributed by atoms with Crippen molar-refractivity contribution in [3.8, 4) is 0 Å². The molecule has 2 nitrogen and oxygen atoms in total. The van der Waals surface area contributed by atoms with Gasteiger partial charge in [-0.15, -0.1) is 11.3 Å². The number of thioether (sulfide) groups is 1. The van der Waals surface area contributed by atoms with E-state index in [1.54, 1.807) is 11.3 Å². The molecule has 2 unspecified atom stereocenters. The number of halogens is 1. The molecule has 1 aliphatic rings. The van der Waals surface area contributed by atoms with E-state index in [4.69, 9.17) is 5.73 Å². The summed E-state index contributed by atoms with van der Waals surface area (Å²) in [7, 11) is 0. The third-order valence-corrected chi connectivity index (χ3v) is 6.92. The van der Waals surface area contributed by atoms with Crippen LogP contribution in [0, 0.1) is 0 Å². The molecule has 1 aromatic heterocycles. The first-order valence-corrected chi connectivity index (χ1v) is 9.79. The third-order valence-electron chi connectivity index (χ3n) is 3.88. The minimum Gasteiger partial charge on any atom is -0.387 e. The van der Waals surface area contributed by atoms with Crippen LogP contribution in [-0.2, 0) is 12.2 Å². The third kappa shape index (κ3) is 3.22. The van der Waals surface area contributed by atoms with Gasteiger partial charge in [0.25, 0.3) is 0 Å². The first-order chi connectivity index (χ1) is 10.2.